The zero-order valence-electron chi connectivity index (χ0n) is 20.9. The molecule has 0 unspecified atom stereocenters. The Bertz CT molecular complexity index is 718. The van der Waals surface area contributed by atoms with Crippen molar-refractivity contribution < 1.29 is 0 Å². The van der Waals surface area contributed by atoms with Gasteiger partial charge in [-0.2, -0.15) is 10.2 Å². The first-order valence-corrected chi connectivity index (χ1v) is 13.1. The summed E-state index contributed by atoms with van der Waals surface area (Å²) in [6.45, 7) is 8.97. The maximum Gasteiger partial charge on any atom is 0.0858 e. The third-order valence-electron chi connectivity index (χ3n) is 6.09. The highest BCUT2D eigenvalue weighted by Crippen LogP contribution is 2.23. The highest BCUT2D eigenvalue weighted by molar-refractivity contribution is 5.53. The number of nitrogens with zero attached hydrogens (tertiary/aromatic N) is 3. The van der Waals surface area contributed by atoms with Crippen LogP contribution in [0.15, 0.2) is 58.8 Å². The van der Waals surface area contributed by atoms with E-state index < -0.39 is 0 Å². The highest BCUT2D eigenvalue weighted by atomic mass is 15.1. The first-order chi connectivity index (χ1) is 15.7. The third-order valence-corrected chi connectivity index (χ3v) is 6.09. The predicted octanol–water partition coefficient (Wildman–Crippen LogP) is 9.94. The smallest absolute Gasteiger partial charge is 0.0858 e. The summed E-state index contributed by atoms with van der Waals surface area (Å²) >= 11 is 0. The molecule has 3 nitrogen and oxygen atoms in total. The zero-order valence-corrected chi connectivity index (χ0v) is 20.9. The van der Waals surface area contributed by atoms with Crippen LogP contribution in [0.5, 0.6) is 0 Å². The van der Waals surface area contributed by atoms with Crippen molar-refractivity contribution in [2.45, 2.75) is 97.8 Å². The van der Waals surface area contributed by atoms with E-state index in [1.807, 2.05) is 12.1 Å². The quantitative estimate of drug-likeness (QED) is 0.179. The van der Waals surface area contributed by atoms with Crippen molar-refractivity contribution in [2.24, 2.45) is 10.2 Å². The summed E-state index contributed by atoms with van der Waals surface area (Å²) in [6.07, 6.45) is 16.2. The molecule has 0 saturated carbocycles. The minimum atomic E-state index is 0.896. The molecule has 0 bridgehead atoms. The van der Waals surface area contributed by atoms with Crippen LogP contribution in [0.1, 0.15) is 96.5 Å². The Balaban J connectivity index is 1.89. The van der Waals surface area contributed by atoms with Crippen molar-refractivity contribution >= 4 is 17.1 Å². The molecule has 0 aromatic heterocycles. The summed E-state index contributed by atoms with van der Waals surface area (Å²) in [4.78, 5) is 2.58. The number of rotatable bonds is 17. The van der Waals surface area contributed by atoms with Gasteiger partial charge in [-0.3, -0.25) is 0 Å². The van der Waals surface area contributed by atoms with Crippen LogP contribution in [0, 0.1) is 6.92 Å². The van der Waals surface area contributed by atoms with E-state index in [0.29, 0.717) is 0 Å². The normalized spacial score (nSPS) is 11.3. The standard InChI is InChI=1S/C29H45N3/c1-4-6-8-10-12-14-24-32(25-15-13-11-9-7-5-2)29-22-20-28(21-23-29)31-30-27-18-16-26(3)17-19-27/h16-23H,4-15,24-25H2,1-3H3. The summed E-state index contributed by atoms with van der Waals surface area (Å²) in [6, 6.07) is 16.8. The van der Waals surface area contributed by atoms with Gasteiger partial charge < -0.3 is 4.90 Å². The van der Waals surface area contributed by atoms with Crippen LogP contribution >= 0.6 is 0 Å². The molecule has 2 aromatic carbocycles. The molecule has 0 spiro atoms. The molecule has 2 rings (SSSR count). The topological polar surface area (TPSA) is 28.0 Å². The SMILES string of the molecule is CCCCCCCCN(CCCCCCCC)c1ccc(N=Nc2ccc(C)cc2)cc1. The Morgan fingerprint density at radius 2 is 0.938 bits per heavy atom. The van der Waals surface area contributed by atoms with Gasteiger partial charge in [-0.15, -0.1) is 0 Å². The number of azo groups is 1. The summed E-state index contributed by atoms with van der Waals surface area (Å²) in [7, 11) is 0. The van der Waals surface area contributed by atoms with Gasteiger partial charge in [0.2, 0.25) is 0 Å². The lowest BCUT2D eigenvalue weighted by molar-refractivity contribution is 0.575. The minimum Gasteiger partial charge on any atom is -0.372 e. The van der Waals surface area contributed by atoms with Gasteiger partial charge in [-0.25, -0.2) is 0 Å². The molecule has 0 aliphatic heterocycles. The molecule has 0 aliphatic carbocycles. The molecular weight excluding hydrogens is 390 g/mol. The molecule has 176 valence electrons. The van der Waals surface area contributed by atoms with Crippen molar-refractivity contribution in [3.8, 4) is 0 Å². The zero-order chi connectivity index (χ0) is 22.9. The predicted molar refractivity (Wildman–Crippen MR) is 141 cm³/mol. The Labute approximate surface area is 197 Å². The first kappa shape index (κ1) is 26.1. The molecule has 3 heteroatoms. The van der Waals surface area contributed by atoms with Gasteiger partial charge in [0.1, 0.15) is 0 Å². The van der Waals surface area contributed by atoms with Crippen LogP contribution in [0.4, 0.5) is 17.1 Å². The van der Waals surface area contributed by atoms with Crippen molar-refractivity contribution in [1.82, 2.24) is 0 Å². The Hall–Kier alpha value is -2.16. The van der Waals surface area contributed by atoms with Gasteiger partial charge in [0, 0.05) is 18.8 Å². The van der Waals surface area contributed by atoms with Gasteiger partial charge in [-0.05, 0) is 56.2 Å². The number of hydrogen-bond acceptors (Lipinski definition) is 3. The molecule has 0 amide bonds. The number of hydrogen-bond donors (Lipinski definition) is 0. The van der Waals surface area contributed by atoms with Crippen LogP contribution in [0.2, 0.25) is 0 Å². The molecule has 0 fully saturated rings. The van der Waals surface area contributed by atoms with Gasteiger partial charge in [0.15, 0.2) is 0 Å². The summed E-state index contributed by atoms with van der Waals surface area (Å²) in [5, 5.41) is 8.79. The van der Waals surface area contributed by atoms with Crippen LogP contribution in [0.3, 0.4) is 0 Å². The maximum absolute atomic E-state index is 4.42. The van der Waals surface area contributed by atoms with Crippen LogP contribution in [0.25, 0.3) is 0 Å². The fraction of sp³-hybridized carbons (Fsp3) is 0.586. The molecule has 2 aromatic rings. The average Bonchev–Trinajstić information content (AvgIpc) is 2.82. The molecule has 0 heterocycles. The Morgan fingerprint density at radius 3 is 1.41 bits per heavy atom. The average molecular weight is 436 g/mol. The second-order valence-electron chi connectivity index (χ2n) is 9.07. The number of aryl methyl sites for hydroxylation is 1. The Morgan fingerprint density at radius 1 is 0.531 bits per heavy atom. The van der Waals surface area contributed by atoms with E-state index >= 15 is 0 Å². The minimum absolute atomic E-state index is 0.896. The summed E-state index contributed by atoms with van der Waals surface area (Å²) < 4.78 is 0. The molecule has 0 aliphatic rings. The summed E-state index contributed by atoms with van der Waals surface area (Å²) in [5.74, 6) is 0. The van der Waals surface area contributed by atoms with Gasteiger partial charge in [0.05, 0.1) is 11.4 Å². The van der Waals surface area contributed by atoms with E-state index in [1.165, 1.54) is 88.3 Å². The Kier molecular flexibility index (Phi) is 13.4. The fourth-order valence-electron chi connectivity index (χ4n) is 3.99. The lowest BCUT2D eigenvalue weighted by Gasteiger charge is -2.25. The van der Waals surface area contributed by atoms with E-state index in [1.54, 1.807) is 0 Å². The second-order valence-corrected chi connectivity index (χ2v) is 9.07. The largest absolute Gasteiger partial charge is 0.372 e. The number of unbranched alkanes of at least 4 members (excludes halogenated alkanes) is 10. The van der Waals surface area contributed by atoms with E-state index in [9.17, 15) is 0 Å². The van der Waals surface area contributed by atoms with E-state index in [-0.39, 0.29) is 0 Å². The van der Waals surface area contributed by atoms with Crippen molar-refractivity contribution in [1.29, 1.82) is 0 Å². The molecule has 0 atom stereocenters. The van der Waals surface area contributed by atoms with Crippen LogP contribution < -0.4 is 4.90 Å². The van der Waals surface area contributed by atoms with Gasteiger partial charge >= 0.3 is 0 Å². The lowest BCUT2D eigenvalue weighted by Crippen LogP contribution is -2.25. The number of benzene rings is 2. The van der Waals surface area contributed by atoms with Crippen molar-refractivity contribution in [2.75, 3.05) is 18.0 Å². The van der Waals surface area contributed by atoms with Crippen LogP contribution in [-0.4, -0.2) is 13.1 Å². The first-order valence-electron chi connectivity index (χ1n) is 13.1. The lowest BCUT2D eigenvalue weighted by atomic mass is 10.1. The van der Waals surface area contributed by atoms with Gasteiger partial charge in [-0.1, -0.05) is 95.8 Å². The second kappa shape index (κ2) is 16.5. The molecule has 32 heavy (non-hydrogen) atoms. The van der Waals surface area contributed by atoms with E-state index in [0.717, 1.165) is 24.5 Å². The monoisotopic (exact) mass is 435 g/mol. The maximum atomic E-state index is 4.42. The molecular formula is C29H45N3. The third kappa shape index (κ3) is 10.9. The van der Waals surface area contributed by atoms with Crippen molar-refractivity contribution in [3.05, 3.63) is 54.1 Å². The number of anilines is 1. The highest BCUT2D eigenvalue weighted by Gasteiger charge is 2.07. The molecule has 0 radical (unpaired) electrons. The van der Waals surface area contributed by atoms with E-state index in [2.05, 4.69) is 72.3 Å². The van der Waals surface area contributed by atoms with E-state index in [4.69, 9.17) is 0 Å². The molecule has 0 saturated heterocycles. The van der Waals surface area contributed by atoms with Crippen molar-refractivity contribution in [3.63, 3.8) is 0 Å². The fourth-order valence-corrected chi connectivity index (χ4v) is 3.99. The van der Waals surface area contributed by atoms with Crippen LogP contribution in [-0.2, 0) is 0 Å². The molecule has 0 N–H and O–H groups in total. The van der Waals surface area contributed by atoms with Gasteiger partial charge in [0.25, 0.3) is 0 Å². The summed E-state index contributed by atoms with van der Waals surface area (Å²) in [5.41, 5.74) is 4.37.